The Morgan fingerprint density at radius 2 is 2.24 bits per heavy atom. The Balaban J connectivity index is 2.14. The minimum absolute atomic E-state index is 0.0312. The number of hydrogen-bond donors (Lipinski definition) is 2. The smallest absolute Gasteiger partial charge is 0.123 e. The van der Waals surface area contributed by atoms with Crippen molar-refractivity contribution in [1.82, 2.24) is 10.2 Å². The molecule has 1 heterocycles. The second-order valence-electron chi connectivity index (χ2n) is 4.39. The first-order valence-electron chi connectivity index (χ1n) is 6.12. The summed E-state index contributed by atoms with van der Waals surface area (Å²) in [5, 5.41) is 12.9. The SMILES string of the molecule is OCC(c1cccc(F)c1)N1CCCNCC1. The number of aliphatic hydroxyl groups excluding tert-OH is 1. The summed E-state index contributed by atoms with van der Waals surface area (Å²) in [6.07, 6.45) is 1.06. The van der Waals surface area contributed by atoms with Crippen LogP contribution in [0.1, 0.15) is 18.0 Å². The molecule has 0 radical (unpaired) electrons. The van der Waals surface area contributed by atoms with E-state index in [-0.39, 0.29) is 18.5 Å². The maximum atomic E-state index is 13.2. The summed E-state index contributed by atoms with van der Waals surface area (Å²) in [4.78, 5) is 2.22. The third kappa shape index (κ3) is 3.25. The number of hydrogen-bond acceptors (Lipinski definition) is 3. The molecule has 2 N–H and O–H groups in total. The Morgan fingerprint density at radius 1 is 1.35 bits per heavy atom. The van der Waals surface area contributed by atoms with Crippen molar-refractivity contribution < 1.29 is 9.50 Å². The van der Waals surface area contributed by atoms with Crippen molar-refractivity contribution in [1.29, 1.82) is 0 Å². The molecule has 3 nitrogen and oxygen atoms in total. The first kappa shape index (κ1) is 12.5. The molecule has 1 aromatic rings. The van der Waals surface area contributed by atoms with Crippen molar-refractivity contribution in [2.24, 2.45) is 0 Å². The minimum atomic E-state index is -0.242. The highest BCUT2D eigenvalue weighted by Crippen LogP contribution is 2.21. The Labute approximate surface area is 101 Å². The fraction of sp³-hybridized carbons (Fsp3) is 0.538. The largest absolute Gasteiger partial charge is 0.394 e. The van der Waals surface area contributed by atoms with E-state index in [1.807, 2.05) is 6.07 Å². The normalized spacial score (nSPS) is 19.9. The Hall–Kier alpha value is -0.970. The minimum Gasteiger partial charge on any atom is -0.394 e. The van der Waals surface area contributed by atoms with Crippen molar-refractivity contribution in [3.63, 3.8) is 0 Å². The lowest BCUT2D eigenvalue weighted by Crippen LogP contribution is -2.34. The molecule has 0 saturated carbocycles. The van der Waals surface area contributed by atoms with Gasteiger partial charge in [-0.1, -0.05) is 12.1 Å². The van der Waals surface area contributed by atoms with Gasteiger partial charge in [-0.25, -0.2) is 4.39 Å². The average molecular weight is 238 g/mol. The summed E-state index contributed by atoms with van der Waals surface area (Å²) in [6, 6.07) is 6.43. The van der Waals surface area contributed by atoms with Gasteiger partial charge in [-0.2, -0.15) is 0 Å². The maximum absolute atomic E-state index is 13.2. The summed E-state index contributed by atoms with van der Waals surface area (Å²) in [5.74, 6) is -0.242. The molecule has 0 amide bonds. The van der Waals surface area contributed by atoms with Gasteiger partial charge in [0.2, 0.25) is 0 Å². The fourth-order valence-corrected chi connectivity index (χ4v) is 2.32. The number of aliphatic hydroxyl groups is 1. The van der Waals surface area contributed by atoms with Gasteiger partial charge in [0, 0.05) is 19.6 Å². The molecular formula is C13H19FN2O. The molecule has 1 aromatic carbocycles. The van der Waals surface area contributed by atoms with Crippen LogP contribution in [0.5, 0.6) is 0 Å². The second kappa shape index (κ2) is 6.10. The standard InChI is InChI=1S/C13H19FN2O/c14-12-4-1-3-11(9-12)13(10-17)16-7-2-5-15-6-8-16/h1,3-4,9,13,15,17H,2,5-8,10H2. The lowest BCUT2D eigenvalue weighted by Gasteiger charge is -2.29. The highest BCUT2D eigenvalue weighted by molar-refractivity contribution is 5.20. The first-order chi connectivity index (χ1) is 8.31. The van der Waals surface area contributed by atoms with E-state index in [0.29, 0.717) is 0 Å². The highest BCUT2D eigenvalue weighted by Gasteiger charge is 2.20. The monoisotopic (exact) mass is 238 g/mol. The molecule has 1 unspecified atom stereocenters. The summed E-state index contributed by atoms with van der Waals surface area (Å²) < 4.78 is 13.2. The number of nitrogens with one attached hydrogen (secondary N) is 1. The van der Waals surface area contributed by atoms with Gasteiger partial charge < -0.3 is 10.4 Å². The van der Waals surface area contributed by atoms with Gasteiger partial charge in [0.15, 0.2) is 0 Å². The van der Waals surface area contributed by atoms with Gasteiger partial charge in [0.05, 0.1) is 12.6 Å². The van der Waals surface area contributed by atoms with Crippen LogP contribution in [0.15, 0.2) is 24.3 Å². The molecular weight excluding hydrogens is 219 g/mol. The number of halogens is 1. The molecule has 1 fully saturated rings. The van der Waals surface area contributed by atoms with Crippen molar-refractivity contribution in [2.75, 3.05) is 32.8 Å². The van der Waals surface area contributed by atoms with E-state index in [1.54, 1.807) is 6.07 Å². The molecule has 0 aliphatic carbocycles. The lowest BCUT2D eigenvalue weighted by molar-refractivity contribution is 0.129. The van der Waals surface area contributed by atoms with E-state index in [9.17, 15) is 9.50 Å². The molecule has 2 rings (SSSR count). The summed E-state index contributed by atoms with van der Waals surface area (Å²) in [6.45, 7) is 3.80. The zero-order valence-corrected chi connectivity index (χ0v) is 9.90. The zero-order chi connectivity index (χ0) is 12.1. The fourth-order valence-electron chi connectivity index (χ4n) is 2.32. The predicted octanol–water partition coefficient (Wildman–Crippen LogP) is 1.15. The third-order valence-electron chi connectivity index (χ3n) is 3.22. The van der Waals surface area contributed by atoms with Gasteiger partial charge in [0.1, 0.15) is 5.82 Å². The first-order valence-corrected chi connectivity index (χ1v) is 6.12. The Morgan fingerprint density at radius 3 is 3.00 bits per heavy atom. The van der Waals surface area contributed by atoms with E-state index in [4.69, 9.17) is 0 Å². The van der Waals surface area contributed by atoms with E-state index in [1.165, 1.54) is 12.1 Å². The van der Waals surface area contributed by atoms with Crippen molar-refractivity contribution in [2.45, 2.75) is 12.5 Å². The topological polar surface area (TPSA) is 35.5 Å². The van der Waals surface area contributed by atoms with E-state index in [0.717, 1.165) is 38.2 Å². The molecule has 1 atom stereocenters. The van der Waals surface area contributed by atoms with Crippen LogP contribution in [0.4, 0.5) is 4.39 Å². The number of benzene rings is 1. The molecule has 0 aromatic heterocycles. The van der Waals surface area contributed by atoms with E-state index >= 15 is 0 Å². The molecule has 1 aliphatic heterocycles. The van der Waals surface area contributed by atoms with Gasteiger partial charge in [-0.15, -0.1) is 0 Å². The van der Waals surface area contributed by atoms with Crippen LogP contribution in [0.2, 0.25) is 0 Å². The summed E-state index contributed by atoms with van der Waals surface area (Å²) >= 11 is 0. The van der Waals surface area contributed by atoms with Crippen LogP contribution in [0.3, 0.4) is 0 Å². The Kier molecular flexibility index (Phi) is 4.48. The van der Waals surface area contributed by atoms with Crippen LogP contribution in [0, 0.1) is 5.82 Å². The maximum Gasteiger partial charge on any atom is 0.123 e. The molecule has 94 valence electrons. The molecule has 0 spiro atoms. The van der Waals surface area contributed by atoms with Crippen LogP contribution in [0.25, 0.3) is 0 Å². The summed E-state index contributed by atoms with van der Waals surface area (Å²) in [7, 11) is 0. The zero-order valence-electron chi connectivity index (χ0n) is 9.90. The molecule has 4 heteroatoms. The third-order valence-corrected chi connectivity index (χ3v) is 3.22. The van der Waals surface area contributed by atoms with E-state index in [2.05, 4.69) is 10.2 Å². The van der Waals surface area contributed by atoms with Gasteiger partial charge in [-0.05, 0) is 30.7 Å². The number of rotatable bonds is 3. The van der Waals surface area contributed by atoms with Crippen molar-refractivity contribution in [3.8, 4) is 0 Å². The van der Waals surface area contributed by atoms with Crippen molar-refractivity contribution in [3.05, 3.63) is 35.6 Å². The highest BCUT2D eigenvalue weighted by atomic mass is 19.1. The van der Waals surface area contributed by atoms with Crippen LogP contribution >= 0.6 is 0 Å². The van der Waals surface area contributed by atoms with Crippen molar-refractivity contribution >= 4 is 0 Å². The van der Waals surface area contributed by atoms with Crippen LogP contribution in [-0.4, -0.2) is 42.8 Å². The summed E-state index contributed by atoms with van der Waals surface area (Å²) in [5.41, 5.74) is 0.856. The second-order valence-corrected chi connectivity index (χ2v) is 4.39. The van der Waals surface area contributed by atoms with Gasteiger partial charge in [-0.3, -0.25) is 4.90 Å². The Bertz CT molecular complexity index is 351. The molecule has 1 aliphatic rings. The van der Waals surface area contributed by atoms with E-state index < -0.39 is 0 Å². The number of nitrogens with zero attached hydrogens (tertiary/aromatic N) is 1. The quantitative estimate of drug-likeness (QED) is 0.829. The predicted molar refractivity (Wildman–Crippen MR) is 65.3 cm³/mol. The van der Waals surface area contributed by atoms with Gasteiger partial charge >= 0.3 is 0 Å². The molecule has 17 heavy (non-hydrogen) atoms. The lowest BCUT2D eigenvalue weighted by atomic mass is 10.1. The van der Waals surface area contributed by atoms with Gasteiger partial charge in [0.25, 0.3) is 0 Å². The van der Waals surface area contributed by atoms with Crippen LogP contribution in [-0.2, 0) is 0 Å². The molecule has 1 saturated heterocycles. The molecule has 0 bridgehead atoms. The van der Waals surface area contributed by atoms with Crippen LogP contribution < -0.4 is 5.32 Å². The average Bonchev–Trinajstić information content (AvgIpc) is 2.59.